The molecule has 1 aliphatic heterocycles. The largest absolute Gasteiger partial charge is 0.484 e. The highest BCUT2D eigenvalue weighted by Gasteiger charge is 2.16. The minimum Gasteiger partial charge on any atom is -0.484 e. The third-order valence-corrected chi connectivity index (χ3v) is 7.22. The number of hydrogen-bond acceptors (Lipinski definition) is 7. The number of carbonyl (C=O) groups excluding carboxylic acids is 1. The Bertz CT molecular complexity index is 809. The summed E-state index contributed by atoms with van der Waals surface area (Å²) in [7, 11) is 0. The molecule has 1 saturated heterocycles. The van der Waals surface area contributed by atoms with E-state index in [1.165, 1.54) is 35.6 Å². The highest BCUT2D eigenvalue weighted by atomic mass is 32.2. The van der Waals surface area contributed by atoms with E-state index in [1.54, 1.807) is 12.1 Å². The van der Waals surface area contributed by atoms with Crippen molar-refractivity contribution in [2.24, 2.45) is 0 Å². The number of benzene rings is 2. The molecule has 7 nitrogen and oxygen atoms in total. The first-order valence-electron chi connectivity index (χ1n) is 9.33. The molecule has 0 atom stereocenters. The lowest BCUT2D eigenvalue weighted by atomic mass is 10.2. The molecule has 9 heteroatoms. The SMILES string of the molecule is O=C(COc1ccc(C2SCCCS2)cc1)NCCNc1ccc([N+](=O)[O-])cc1. The Morgan fingerprint density at radius 2 is 1.76 bits per heavy atom. The van der Waals surface area contributed by atoms with Crippen molar-refractivity contribution in [1.29, 1.82) is 0 Å². The Morgan fingerprint density at radius 1 is 1.07 bits per heavy atom. The van der Waals surface area contributed by atoms with E-state index in [4.69, 9.17) is 4.74 Å². The van der Waals surface area contributed by atoms with Gasteiger partial charge in [0.05, 0.1) is 9.51 Å². The van der Waals surface area contributed by atoms with Crippen LogP contribution in [0.15, 0.2) is 48.5 Å². The van der Waals surface area contributed by atoms with Crippen LogP contribution in [0, 0.1) is 10.1 Å². The van der Waals surface area contributed by atoms with Gasteiger partial charge in [-0.05, 0) is 47.8 Å². The second-order valence-electron chi connectivity index (χ2n) is 6.37. The fourth-order valence-electron chi connectivity index (χ4n) is 2.71. The lowest BCUT2D eigenvalue weighted by molar-refractivity contribution is -0.384. The molecule has 154 valence electrons. The average Bonchev–Trinajstić information content (AvgIpc) is 2.76. The third kappa shape index (κ3) is 6.86. The van der Waals surface area contributed by atoms with Crippen molar-refractivity contribution in [2.45, 2.75) is 11.0 Å². The number of non-ortho nitro benzene ring substituents is 1. The van der Waals surface area contributed by atoms with Crippen molar-refractivity contribution in [2.75, 3.05) is 36.5 Å². The van der Waals surface area contributed by atoms with Gasteiger partial charge in [0.1, 0.15) is 5.75 Å². The number of carbonyl (C=O) groups is 1. The maximum atomic E-state index is 11.9. The molecule has 2 aromatic rings. The maximum absolute atomic E-state index is 11.9. The standard InChI is InChI=1S/C20H23N3O4S2/c24-19(22-11-10-21-16-4-6-17(7-5-16)23(25)26)14-27-18-8-2-15(3-9-18)20-28-12-1-13-29-20/h2-9,20-21H,1,10-14H2,(H,22,24). The van der Waals surface area contributed by atoms with Crippen molar-refractivity contribution < 1.29 is 14.5 Å². The number of nitro groups is 1. The van der Waals surface area contributed by atoms with Crippen molar-refractivity contribution in [3.05, 3.63) is 64.2 Å². The van der Waals surface area contributed by atoms with E-state index in [9.17, 15) is 14.9 Å². The number of nitro benzene ring substituents is 1. The lowest BCUT2D eigenvalue weighted by Crippen LogP contribution is -2.32. The number of ether oxygens (including phenoxy) is 1. The minimum atomic E-state index is -0.439. The molecule has 2 N–H and O–H groups in total. The van der Waals surface area contributed by atoms with Gasteiger partial charge in [-0.2, -0.15) is 0 Å². The quantitative estimate of drug-likeness (QED) is 0.350. The molecule has 0 spiro atoms. The van der Waals surface area contributed by atoms with Gasteiger partial charge in [-0.1, -0.05) is 12.1 Å². The van der Waals surface area contributed by atoms with Gasteiger partial charge in [0, 0.05) is 30.9 Å². The van der Waals surface area contributed by atoms with Crippen LogP contribution in [0.5, 0.6) is 5.75 Å². The summed E-state index contributed by atoms with van der Waals surface area (Å²) in [5.74, 6) is 2.89. The first kappa shape index (κ1) is 21.3. The number of anilines is 1. The van der Waals surface area contributed by atoms with E-state index in [0.717, 1.165) is 5.69 Å². The van der Waals surface area contributed by atoms with Gasteiger partial charge in [0.2, 0.25) is 0 Å². The molecule has 29 heavy (non-hydrogen) atoms. The van der Waals surface area contributed by atoms with Crippen LogP contribution in [0.4, 0.5) is 11.4 Å². The lowest BCUT2D eigenvalue weighted by Gasteiger charge is -2.21. The Morgan fingerprint density at radius 3 is 2.41 bits per heavy atom. The molecule has 0 aliphatic carbocycles. The van der Waals surface area contributed by atoms with Crippen LogP contribution in [0.3, 0.4) is 0 Å². The van der Waals surface area contributed by atoms with Gasteiger partial charge in [0.25, 0.3) is 11.6 Å². The van der Waals surface area contributed by atoms with Crippen LogP contribution >= 0.6 is 23.5 Å². The van der Waals surface area contributed by atoms with Crippen LogP contribution in [0.1, 0.15) is 16.6 Å². The number of amides is 1. The minimum absolute atomic E-state index is 0.0379. The van der Waals surface area contributed by atoms with Crippen LogP contribution in [-0.4, -0.2) is 42.0 Å². The Kier molecular flexibility index (Phi) is 8.06. The Hall–Kier alpha value is -2.39. The summed E-state index contributed by atoms with van der Waals surface area (Å²) in [6, 6.07) is 14.1. The third-order valence-electron chi connectivity index (χ3n) is 4.20. The molecule has 0 unspecified atom stereocenters. The molecule has 0 aromatic heterocycles. The molecule has 2 aromatic carbocycles. The van der Waals surface area contributed by atoms with E-state index >= 15 is 0 Å². The smallest absolute Gasteiger partial charge is 0.269 e. The van der Waals surface area contributed by atoms with Crippen molar-refractivity contribution in [3.8, 4) is 5.75 Å². The normalized spacial score (nSPS) is 14.2. The highest BCUT2D eigenvalue weighted by molar-refractivity contribution is 8.16. The van der Waals surface area contributed by atoms with Crippen molar-refractivity contribution >= 4 is 40.8 Å². The Labute approximate surface area is 178 Å². The fourth-order valence-corrected chi connectivity index (χ4v) is 5.61. The summed E-state index contributed by atoms with van der Waals surface area (Å²) >= 11 is 3.95. The topological polar surface area (TPSA) is 93.5 Å². The molecule has 1 fully saturated rings. The van der Waals surface area contributed by atoms with Crippen LogP contribution in [0.25, 0.3) is 0 Å². The van der Waals surface area contributed by atoms with Gasteiger partial charge in [-0.15, -0.1) is 23.5 Å². The summed E-state index contributed by atoms with van der Waals surface area (Å²) in [4.78, 5) is 22.1. The predicted octanol–water partition coefficient (Wildman–Crippen LogP) is 4.07. The molecule has 3 rings (SSSR count). The van der Waals surface area contributed by atoms with E-state index in [2.05, 4.69) is 22.8 Å². The maximum Gasteiger partial charge on any atom is 0.269 e. The van der Waals surface area contributed by atoms with Gasteiger partial charge in [-0.3, -0.25) is 14.9 Å². The summed E-state index contributed by atoms with van der Waals surface area (Å²) < 4.78 is 6.04. The van der Waals surface area contributed by atoms with E-state index in [0.29, 0.717) is 23.4 Å². The number of rotatable bonds is 9. The number of thioether (sulfide) groups is 2. The monoisotopic (exact) mass is 433 g/mol. The molecule has 0 bridgehead atoms. The van der Waals surface area contributed by atoms with Crippen molar-refractivity contribution in [3.63, 3.8) is 0 Å². The van der Waals surface area contributed by atoms with E-state index in [-0.39, 0.29) is 18.2 Å². The predicted molar refractivity (Wildman–Crippen MR) is 119 cm³/mol. The molecule has 0 saturated carbocycles. The molecule has 1 aliphatic rings. The summed E-state index contributed by atoms with van der Waals surface area (Å²) in [5.41, 5.74) is 2.09. The van der Waals surface area contributed by atoms with Gasteiger partial charge < -0.3 is 15.4 Å². The molecular weight excluding hydrogens is 410 g/mol. The van der Waals surface area contributed by atoms with Gasteiger partial charge >= 0.3 is 0 Å². The zero-order valence-electron chi connectivity index (χ0n) is 15.8. The summed E-state index contributed by atoms with van der Waals surface area (Å²) in [6.07, 6.45) is 1.27. The molecular formula is C20H23N3O4S2. The molecule has 0 radical (unpaired) electrons. The summed E-state index contributed by atoms with van der Waals surface area (Å²) in [6.45, 7) is 0.896. The first-order chi connectivity index (χ1) is 14.1. The van der Waals surface area contributed by atoms with Crippen LogP contribution in [0.2, 0.25) is 0 Å². The van der Waals surface area contributed by atoms with Crippen LogP contribution in [-0.2, 0) is 4.79 Å². The zero-order chi connectivity index (χ0) is 20.5. The zero-order valence-corrected chi connectivity index (χ0v) is 17.5. The van der Waals surface area contributed by atoms with E-state index in [1.807, 2.05) is 35.7 Å². The fraction of sp³-hybridized carbons (Fsp3) is 0.350. The second kappa shape index (κ2) is 11.0. The van der Waals surface area contributed by atoms with Gasteiger partial charge in [-0.25, -0.2) is 0 Å². The van der Waals surface area contributed by atoms with Crippen LogP contribution < -0.4 is 15.4 Å². The number of nitrogens with one attached hydrogen (secondary N) is 2. The van der Waals surface area contributed by atoms with E-state index < -0.39 is 4.92 Å². The second-order valence-corrected chi connectivity index (χ2v) is 9.09. The summed E-state index contributed by atoms with van der Waals surface area (Å²) in [5, 5.41) is 16.5. The average molecular weight is 434 g/mol. The molecule has 1 amide bonds. The first-order valence-corrected chi connectivity index (χ1v) is 11.4. The van der Waals surface area contributed by atoms with Gasteiger partial charge in [0.15, 0.2) is 6.61 Å². The Balaban J connectivity index is 1.33. The highest BCUT2D eigenvalue weighted by Crippen LogP contribution is 2.43. The number of nitrogens with zero attached hydrogens (tertiary/aromatic N) is 1. The number of hydrogen-bond donors (Lipinski definition) is 2. The molecule has 1 heterocycles. The van der Waals surface area contributed by atoms with Crippen molar-refractivity contribution in [1.82, 2.24) is 5.32 Å².